The van der Waals surface area contributed by atoms with Crippen LogP contribution in [0.25, 0.3) is 10.2 Å². The Hall–Kier alpha value is -2.71. The number of benzene rings is 2. The molecule has 0 atom stereocenters. The number of hydrogen-bond donors (Lipinski definition) is 1. The van der Waals surface area contributed by atoms with E-state index >= 15 is 0 Å². The van der Waals surface area contributed by atoms with E-state index in [1.165, 1.54) is 0 Å². The minimum atomic E-state index is -0.229. The second kappa shape index (κ2) is 5.35. The number of fused-ring (bicyclic) bond motifs is 1. The number of hydrogen-bond acceptors (Lipinski definition) is 4. The third-order valence-corrected chi connectivity index (χ3v) is 3.94. The lowest BCUT2D eigenvalue weighted by atomic mass is 10.1. The minimum absolute atomic E-state index is 0.229. The fraction of sp³-hybridized carbons (Fsp3) is 0.0625. The molecule has 1 aromatic heterocycles. The molecular formula is C16H11N3OS. The summed E-state index contributed by atoms with van der Waals surface area (Å²) in [7, 11) is 0. The maximum absolute atomic E-state index is 12.2. The first-order valence-corrected chi connectivity index (χ1v) is 7.16. The number of nitrogens with one attached hydrogen (secondary N) is 1. The normalized spacial score (nSPS) is 10.3. The number of thiazole rings is 1. The van der Waals surface area contributed by atoms with Gasteiger partial charge in [-0.1, -0.05) is 6.07 Å². The number of aromatic nitrogens is 1. The summed E-state index contributed by atoms with van der Waals surface area (Å²) < 4.78 is 1.04. The molecule has 2 aromatic carbocycles. The van der Waals surface area contributed by atoms with Crippen molar-refractivity contribution in [3.8, 4) is 6.07 Å². The van der Waals surface area contributed by atoms with Crippen LogP contribution in [0.2, 0.25) is 0 Å². The number of carbonyl (C=O) groups excluding carboxylic acids is 1. The highest BCUT2D eigenvalue weighted by Crippen LogP contribution is 2.25. The van der Waals surface area contributed by atoms with Crippen molar-refractivity contribution in [3.05, 3.63) is 58.6 Å². The molecule has 102 valence electrons. The molecule has 4 nitrogen and oxygen atoms in total. The Labute approximate surface area is 125 Å². The number of anilines is 1. The lowest BCUT2D eigenvalue weighted by molar-refractivity contribution is 0.102. The van der Waals surface area contributed by atoms with E-state index in [9.17, 15) is 4.79 Å². The van der Waals surface area contributed by atoms with E-state index < -0.39 is 0 Å². The van der Waals surface area contributed by atoms with E-state index in [1.54, 1.807) is 35.6 Å². The van der Waals surface area contributed by atoms with Gasteiger partial charge in [0.1, 0.15) is 0 Å². The predicted molar refractivity (Wildman–Crippen MR) is 83.5 cm³/mol. The number of rotatable bonds is 2. The highest BCUT2D eigenvalue weighted by Gasteiger charge is 2.08. The Morgan fingerprint density at radius 2 is 2.14 bits per heavy atom. The highest BCUT2D eigenvalue weighted by molar-refractivity contribution is 7.18. The van der Waals surface area contributed by atoms with Crippen molar-refractivity contribution in [3.63, 3.8) is 0 Å². The summed E-state index contributed by atoms with van der Waals surface area (Å²) >= 11 is 1.59. The zero-order valence-corrected chi connectivity index (χ0v) is 12.1. The van der Waals surface area contributed by atoms with Crippen molar-refractivity contribution in [1.82, 2.24) is 4.98 Å². The van der Waals surface area contributed by atoms with Gasteiger partial charge >= 0.3 is 0 Å². The maximum Gasteiger partial charge on any atom is 0.255 e. The van der Waals surface area contributed by atoms with E-state index in [0.29, 0.717) is 11.1 Å². The molecule has 21 heavy (non-hydrogen) atoms. The summed E-state index contributed by atoms with van der Waals surface area (Å²) in [4.78, 5) is 16.6. The number of nitrogens with zero attached hydrogens (tertiary/aromatic N) is 2. The summed E-state index contributed by atoms with van der Waals surface area (Å²) in [5.74, 6) is -0.229. The Morgan fingerprint density at radius 1 is 1.29 bits per heavy atom. The van der Waals surface area contributed by atoms with Crippen LogP contribution < -0.4 is 5.32 Å². The average molecular weight is 293 g/mol. The van der Waals surface area contributed by atoms with Crippen molar-refractivity contribution in [1.29, 1.82) is 5.26 Å². The largest absolute Gasteiger partial charge is 0.322 e. The second-order valence-corrected chi connectivity index (χ2v) is 5.80. The molecule has 0 spiro atoms. The SMILES string of the molecule is Cc1nc2ccc(NC(=O)c3cccc(C#N)c3)cc2s1. The minimum Gasteiger partial charge on any atom is -0.322 e. The maximum atomic E-state index is 12.2. The third kappa shape index (κ3) is 2.76. The first kappa shape index (κ1) is 13.3. The Morgan fingerprint density at radius 3 is 2.95 bits per heavy atom. The molecule has 1 amide bonds. The van der Waals surface area contributed by atoms with Gasteiger partial charge in [0.25, 0.3) is 5.91 Å². The Bertz CT molecular complexity index is 877. The molecule has 3 aromatic rings. The zero-order chi connectivity index (χ0) is 14.8. The van der Waals surface area contributed by atoms with Gasteiger partial charge in [-0.2, -0.15) is 5.26 Å². The van der Waals surface area contributed by atoms with Gasteiger partial charge in [-0.3, -0.25) is 4.79 Å². The van der Waals surface area contributed by atoms with Gasteiger partial charge in [-0.15, -0.1) is 11.3 Å². The quantitative estimate of drug-likeness (QED) is 0.783. The number of nitriles is 1. The zero-order valence-electron chi connectivity index (χ0n) is 11.3. The number of aryl methyl sites for hydroxylation is 1. The summed E-state index contributed by atoms with van der Waals surface area (Å²) in [5, 5.41) is 12.7. The smallest absolute Gasteiger partial charge is 0.255 e. The topological polar surface area (TPSA) is 65.8 Å². The fourth-order valence-corrected chi connectivity index (χ4v) is 2.92. The van der Waals surface area contributed by atoms with Crippen LogP contribution in [0.1, 0.15) is 20.9 Å². The molecule has 0 aliphatic heterocycles. The number of amides is 1. The summed E-state index contributed by atoms with van der Waals surface area (Å²) in [6, 6.07) is 14.3. The van der Waals surface area contributed by atoms with Gasteiger partial charge in [-0.05, 0) is 43.3 Å². The van der Waals surface area contributed by atoms with Crippen LogP contribution in [0, 0.1) is 18.3 Å². The Kier molecular flexibility index (Phi) is 3.38. The average Bonchev–Trinajstić information content (AvgIpc) is 2.86. The van der Waals surface area contributed by atoms with Crippen LogP contribution in [0.5, 0.6) is 0 Å². The number of carbonyl (C=O) groups is 1. The standard InChI is InChI=1S/C16H11N3OS/c1-10-18-14-6-5-13(8-15(14)21-10)19-16(20)12-4-2-3-11(7-12)9-17/h2-8H,1H3,(H,19,20). The molecule has 0 unspecified atom stereocenters. The van der Waals surface area contributed by atoms with Crippen molar-refractivity contribution in [2.24, 2.45) is 0 Å². The molecule has 1 heterocycles. The lowest BCUT2D eigenvalue weighted by Gasteiger charge is -2.05. The molecule has 1 N–H and O–H groups in total. The fourth-order valence-electron chi connectivity index (χ4n) is 2.05. The lowest BCUT2D eigenvalue weighted by Crippen LogP contribution is -2.11. The van der Waals surface area contributed by atoms with Crippen molar-refractivity contribution < 1.29 is 4.79 Å². The van der Waals surface area contributed by atoms with Crippen LogP contribution in [0.4, 0.5) is 5.69 Å². The van der Waals surface area contributed by atoms with Crippen LogP contribution in [0.3, 0.4) is 0 Å². The molecule has 0 aliphatic carbocycles. The Balaban J connectivity index is 1.87. The van der Waals surface area contributed by atoms with E-state index in [-0.39, 0.29) is 5.91 Å². The van der Waals surface area contributed by atoms with Crippen LogP contribution in [-0.4, -0.2) is 10.9 Å². The van der Waals surface area contributed by atoms with Gasteiger partial charge in [0.05, 0.1) is 26.9 Å². The van der Waals surface area contributed by atoms with Gasteiger partial charge in [0.2, 0.25) is 0 Å². The van der Waals surface area contributed by atoms with Crippen molar-refractivity contribution in [2.75, 3.05) is 5.32 Å². The second-order valence-electron chi connectivity index (χ2n) is 4.56. The van der Waals surface area contributed by atoms with Crippen LogP contribution in [-0.2, 0) is 0 Å². The van der Waals surface area contributed by atoms with E-state index in [2.05, 4.69) is 10.3 Å². The first-order chi connectivity index (χ1) is 10.2. The third-order valence-electron chi connectivity index (χ3n) is 3.01. The molecule has 5 heteroatoms. The summed E-state index contributed by atoms with van der Waals surface area (Å²) in [6.07, 6.45) is 0. The van der Waals surface area contributed by atoms with Crippen LogP contribution in [0.15, 0.2) is 42.5 Å². The molecule has 0 fully saturated rings. The molecule has 0 saturated heterocycles. The first-order valence-electron chi connectivity index (χ1n) is 6.34. The van der Waals surface area contributed by atoms with Crippen molar-refractivity contribution >= 4 is 33.1 Å². The molecular weight excluding hydrogens is 282 g/mol. The molecule has 0 radical (unpaired) electrons. The molecule has 3 rings (SSSR count). The van der Waals surface area contributed by atoms with Gasteiger partial charge in [0.15, 0.2) is 0 Å². The molecule has 0 bridgehead atoms. The van der Waals surface area contributed by atoms with Gasteiger partial charge < -0.3 is 5.32 Å². The molecule has 0 saturated carbocycles. The van der Waals surface area contributed by atoms with E-state index in [4.69, 9.17) is 5.26 Å². The van der Waals surface area contributed by atoms with Crippen molar-refractivity contribution in [2.45, 2.75) is 6.92 Å². The predicted octanol–water partition coefficient (Wildman–Crippen LogP) is 3.73. The van der Waals surface area contributed by atoms with Gasteiger partial charge in [-0.25, -0.2) is 4.98 Å². The van der Waals surface area contributed by atoms with Crippen LogP contribution >= 0.6 is 11.3 Å². The van der Waals surface area contributed by atoms with E-state index in [1.807, 2.05) is 31.2 Å². The summed E-state index contributed by atoms with van der Waals surface area (Å²) in [5.41, 5.74) is 2.59. The summed E-state index contributed by atoms with van der Waals surface area (Å²) in [6.45, 7) is 1.95. The molecule has 0 aliphatic rings. The van der Waals surface area contributed by atoms with Gasteiger partial charge in [0, 0.05) is 11.3 Å². The van der Waals surface area contributed by atoms with E-state index in [0.717, 1.165) is 20.9 Å². The highest BCUT2D eigenvalue weighted by atomic mass is 32.1. The monoisotopic (exact) mass is 293 g/mol.